The summed E-state index contributed by atoms with van der Waals surface area (Å²) in [6.45, 7) is 7.46. The molecule has 0 bridgehead atoms. The van der Waals surface area contributed by atoms with Crippen LogP contribution in [0.4, 0.5) is 5.69 Å². The fourth-order valence-electron chi connectivity index (χ4n) is 4.24. The van der Waals surface area contributed by atoms with Gasteiger partial charge in [-0.2, -0.15) is 0 Å². The topological polar surface area (TPSA) is 107 Å². The monoisotopic (exact) mass is 396 g/mol. The number of amides is 1. The Morgan fingerprint density at radius 1 is 1.26 bits per heavy atom. The number of hydrogen-bond acceptors (Lipinski definition) is 6. The van der Waals surface area contributed by atoms with Gasteiger partial charge in [-0.25, -0.2) is 13.6 Å². The van der Waals surface area contributed by atoms with Gasteiger partial charge in [0.05, 0.1) is 18.0 Å². The van der Waals surface area contributed by atoms with Gasteiger partial charge in [0.15, 0.2) is 0 Å². The number of anilines is 1. The van der Waals surface area contributed by atoms with Crippen LogP contribution in [-0.4, -0.2) is 80.6 Å². The first-order chi connectivity index (χ1) is 12.7. The number of nitrogens with two attached hydrogens (primary N) is 1. The molecule has 3 N–H and O–H groups in total. The van der Waals surface area contributed by atoms with Crippen LogP contribution < -0.4 is 10.0 Å². The lowest BCUT2D eigenvalue weighted by Crippen LogP contribution is -2.58. The highest BCUT2D eigenvalue weighted by atomic mass is 32.2. The Bertz CT molecular complexity index is 802. The smallest absolute Gasteiger partial charge is 0.241 e. The van der Waals surface area contributed by atoms with E-state index < -0.39 is 10.0 Å². The Labute approximate surface area is 160 Å². The number of fused-ring (bicyclic) bond motifs is 1. The lowest BCUT2D eigenvalue weighted by atomic mass is 10.1. The standard InChI is InChI=1S/C18H28N4O4S/c1-13-10-20(11-14(2)21(13)7-8-23)12-18(24)22-6-5-15-9-16(27(19,25)26)3-4-17(15)22/h3-4,9,13-14,23H,5-8,10-12H2,1-2H3,(H2,19,25,26)/t13-,14+. The maximum absolute atomic E-state index is 12.9. The molecule has 0 radical (unpaired) electrons. The molecule has 0 aliphatic carbocycles. The van der Waals surface area contributed by atoms with Gasteiger partial charge in [-0.15, -0.1) is 0 Å². The minimum atomic E-state index is -3.74. The van der Waals surface area contributed by atoms with Crippen LogP contribution in [0.25, 0.3) is 0 Å². The molecular weight excluding hydrogens is 368 g/mol. The van der Waals surface area contributed by atoms with Gasteiger partial charge in [0, 0.05) is 44.0 Å². The number of aliphatic hydroxyl groups is 1. The maximum atomic E-state index is 12.9. The second-order valence-electron chi connectivity index (χ2n) is 7.48. The number of rotatable bonds is 5. The van der Waals surface area contributed by atoms with Crippen molar-refractivity contribution in [3.63, 3.8) is 0 Å². The number of piperazine rings is 1. The molecule has 8 nitrogen and oxygen atoms in total. The van der Waals surface area contributed by atoms with Gasteiger partial charge in [-0.05, 0) is 44.0 Å². The number of benzene rings is 1. The molecule has 0 unspecified atom stereocenters. The Kier molecular flexibility index (Phi) is 5.87. The summed E-state index contributed by atoms with van der Waals surface area (Å²) in [5.41, 5.74) is 1.61. The summed E-state index contributed by atoms with van der Waals surface area (Å²) in [7, 11) is -3.74. The largest absolute Gasteiger partial charge is 0.395 e. The molecule has 1 saturated heterocycles. The predicted octanol–water partition coefficient (Wildman–Crippen LogP) is -0.390. The molecule has 150 valence electrons. The molecule has 2 aliphatic heterocycles. The molecule has 1 aromatic rings. The van der Waals surface area contributed by atoms with E-state index >= 15 is 0 Å². The molecule has 2 atom stereocenters. The van der Waals surface area contributed by atoms with Crippen molar-refractivity contribution in [1.82, 2.24) is 9.80 Å². The van der Waals surface area contributed by atoms with Gasteiger partial charge in [0.2, 0.25) is 15.9 Å². The van der Waals surface area contributed by atoms with Gasteiger partial charge in [-0.1, -0.05) is 0 Å². The van der Waals surface area contributed by atoms with Crippen LogP contribution in [0.5, 0.6) is 0 Å². The maximum Gasteiger partial charge on any atom is 0.241 e. The molecule has 9 heteroatoms. The van der Waals surface area contributed by atoms with E-state index in [4.69, 9.17) is 5.14 Å². The Morgan fingerprint density at radius 3 is 2.52 bits per heavy atom. The molecule has 3 rings (SSSR count). The number of hydrogen-bond donors (Lipinski definition) is 2. The van der Waals surface area contributed by atoms with Crippen molar-refractivity contribution >= 4 is 21.6 Å². The number of β-amino-alcohol motifs (C(OH)–C–C–N with tert-alkyl or cyclic N) is 1. The fourth-order valence-corrected chi connectivity index (χ4v) is 4.81. The summed E-state index contributed by atoms with van der Waals surface area (Å²) in [5.74, 6) is 0.0205. The summed E-state index contributed by atoms with van der Waals surface area (Å²) in [5, 5.41) is 14.4. The third-order valence-electron chi connectivity index (χ3n) is 5.47. The first kappa shape index (κ1) is 20.2. The van der Waals surface area contributed by atoms with Gasteiger partial charge in [-0.3, -0.25) is 14.6 Å². The predicted molar refractivity (Wildman–Crippen MR) is 103 cm³/mol. The van der Waals surface area contributed by atoms with Crippen molar-refractivity contribution in [3.8, 4) is 0 Å². The molecule has 0 saturated carbocycles. The van der Waals surface area contributed by atoms with Crippen molar-refractivity contribution in [2.45, 2.75) is 37.2 Å². The van der Waals surface area contributed by atoms with E-state index in [0.717, 1.165) is 24.3 Å². The zero-order chi connectivity index (χ0) is 19.8. The number of carbonyl (C=O) groups excluding carboxylic acids is 1. The SMILES string of the molecule is C[C@@H]1CN(CC(=O)N2CCc3cc(S(N)(=O)=O)ccc32)C[C@H](C)N1CCO. The first-order valence-corrected chi connectivity index (χ1v) is 10.8. The van der Waals surface area contributed by atoms with Crippen molar-refractivity contribution in [3.05, 3.63) is 23.8 Å². The van der Waals surface area contributed by atoms with Gasteiger partial charge in [0.25, 0.3) is 0 Å². The number of aliphatic hydroxyl groups excluding tert-OH is 1. The van der Waals surface area contributed by atoms with Crippen molar-refractivity contribution in [1.29, 1.82) is 0 Å². The molecule has 2 heterocycles. The van der Waals surface area contributed by atoms with E-state index in [1.54, 1.807) is 17.0 Å². The van der Waals surface area contributed by atoms with Gasteiger partial charge in [0.1, 0.15) is 0 Å². The van der Waals surface area contributed by atoms with E-state index in [0.29, 0.717) is 26.1 Å². The second kappa shape index (κ2) is 7.84. The molecule has 0 spiro atoms. The minimum absolute atomic E-state index is 0.0205. The zero-order valence-electron chi connectivity index (χ0n) is 15.8. The third-order valence-corrected chi connectivity index (χ3v) is 6.38. The van der Waals surface area contributed by atoms with Crippen LogP contribution in [0.15, 0.2) is 23.1 Å². The lowest BCUT2D eigenvalue weighted by molar-refractivity contribution is -0.120. The van der Waals surface area contributed by atoms with E-state index in [9.17, 15) is 18.3 Å². The van der Waals surface area contributed by atoms with Crippen molar-refractivity contribution in [2.75, 3.05) is 44.2 Å². The highest BCUT2D eigenvalue weighted by molar-refractivity contribution is 7.89. The molecular formula is C18H28N4O4S. The highest BCUT2D eigenvalue weighted by Gasteiger charge is 2.32. The number of sulfonamides is 1. The average molecular weight is 397 g/mol. The quantitative estimate of drug-likeness (QED) is 0.702. The van der Waals surface area contributed by atoms with Gasteiger partial charge >= 0.3 is 0 Å². The molecule has 1 fully saturated rings. The molecule has 2 aliphatic rings. The summed E-state index contributed by atoms with van der Waals surface area (Å²) in [6, 6.07) is 5.24. The highest BCUT2D eigenvalue weighted by Crippen LogP contribution is 2.30. The van der Waals surface area contributed by atoms with Crippen LogP contribution in [0.2, 0.25) is 0 Å². The summed E-state index contributed by atoms with van der Waals surface area (Å²) in [4.78, 5) is 19.1. The molecule has 0 aromatic heterocycles. The van der Waals surface area contributed by atoms with Crippen molar-refractivity contribution < 1.29 is 18.3 Å². The fraction of sp³-hybridized carbons (Fsp3) is 0.611. The normalized spacial score (nSPS) is 24.2. The number of nitrogens with zero attached hydrogens (tertiary/aromatic N) is 3. The first-order valence-electron chi connectivity index (χ1n) is 9.25. The van der Waals surface area contributed by atoms with Crippen LogP contribution >= 0.6 is 0 Å². The summed E-state index contributed by atoms with van der Waals surface area (Å²) in [6.07, 6.45) is 0.627. The van der Waals surface area contributed by atoms with E-state index in [2.05, 4.69) is 23.6 Å². The minimum Gasteiger partial charge on any atom is -0.395 e. The Hall–Kier alpha value is -1.52. The van der Waals surface area contributed by atoms with Crippen molar-refractivity contribution in [2.24, 2.45) is 5.14 Å². The Morgan fingerprint density at radius 2 is 1.93 bits per heavy atom. The van der Waals surface area contributed by atoms with E-state index in [-0.39, 0.29) is 29.5 Å². The average Bonchev–Trinajstić information content (AvgIpc) is 3.00. The van der Waals surface area contributed by atoms with Crippen LogP contribution in [0, 0.1) is 0 Å². The molecule has 1 aromatic carbocycles. The lowest BCUT2D eigenvalue weighted by Gasteiger charge is -2.44. The zero-order valence-corrected chi connectivity index (χ0v) is 16.7. The van der Waals surface area contributed by atoms with Crippen LogP contribution in [0.3, 0.4) is 0 Å². The molecule has 27 heavy (non-hydrogen) atoms. The summed E-state index contributed by atoms with van der Waals surface area (Å²) < 4.78 is 23.0. The Balaban J connectivity index is 1.67. The van der Waals surface area contributed by atoms with Crippen LogP contribution in [0.1, 0.15) is 19.4 Å². The van der Waals surface area contributed by atoms with E-state index in [1.807, 2.05) is 0 Å². The van der Waals surface area contributed by atoms with Crippen LogP contribution in [-0.2, 0) is 21.2 Å². The molecule has 1 amide bonds. The number of primary sulfonamides is 1. The van der Waals surface area contributed by atoms with E-state index in [1.165, 1.54) is 6.07 Å². The van der Waals surface area contributed by atoms with Gasteiger partial charge < -0.3 is 10.0 Å². The third kappa shape index (κ3) is 4.33. The summed E-state index contributed by atoms with van der Waals surface area (Å²) >= 11 is 0. The number of carbonyl (C=O) groups is 1. The second-order valence-corrected chi connectivity index (χ2v) is 9.05.